The maximum Gasteiger partial charge on any atom is 0.233 e. The molecular formula is C18H17FN4O. The molecule has 0 aliphatic carbocycles. The molecule has 0 fully saturated rings. The molecule has 24 heavy (non-hydrogen) atoms. The quantitative estimate of drug-likeness (QED) is 0.675. The van der Waals surface area contributed by atoms with Crippen LogP contribution in [0.2, 0.25) is 0 Å². The highest BCUT2D eigenvalue weighted by Crippen LogP contribution is 2.25. The van der Waals surface area contributed by atoms with E-state index in [9.17, 15) is 9.18 Å². The molecule has 1 aromatic heterocycles. The van der Waals surface area contributed by atoms with Crippen LogP contribution in [0, 0.1) is 5.82 Å². The Morgan fingerprint density at radius 3 is 2.62 bits per heavy atom. The number of benzene rings is 2. The van der Waals surface area contributed by atoms with Crippen LogP contribution in [0.5, 0.6) is 0 Å². The van der Waals surface area contributed by atoms with E-state index in [-0.39, 0.29) is 18.1 Å². The molecule has 0 saturated carbocycles. The third-order valence-corrected chi connectivity index (χ3v) is 3.81. The Morgan fingerprint density at radius 2 is 2.00 bits per heavy atom. The van der Waals surface area contributed by atoms with Gasteiger partial charge in [0.05, 0.1) is 17.8 Å². The van der Waals surface area contributed by atoms with Crippen LogP contribution in [0.25, 0.3) is 11.1 Å². The molecule has 3 rings (SSSR count). The maximum absolute atomic E-state index is 14.3. The molecule has 122 valence electrons. The molecule has 1 heterocycles. The summed E-state index contributed by atoms with van der Waals surface area (Å²) in [5.74, 6) is -1.37. The van der Waals surface area contributed by atoms with E-state index in [2.05, 4.69) is 15.5 Å². The summed E-state index contributed by atoms with van der Waals surface area (Å²) in [6, 6.07) is 13.8. The predicted molar refractivity (Wildman–Crippen MR) is 90.8 cm³/mol. The van der Waals surface area contributed by atoms with Gasteiger partial charge in [-0.25, -0.2) is 4.39 Å². The van der Waals surface area contributed by atoms with Crippen molar-refractivity contribution in [2.45, 2.75) is 5.92 Å². The standard InChI is InChI=1S/C18H17FN4O/c19-16-8-13(14-10-21-22-11-14)6-7-17(16)23-18(24)15(9-20)12-4-2-1-3-5-12/h1-8,10-11,15H,9,20H2,(H,21,22)(H,23,24). The van der Waals surface area contributed by atoms with Crippen molar-refractivity contribution >= 4 is 11.6 Å². The minimum Gasteiger partial charge on any atom is -0.329 e. The van der Waals surface area contributed by atoms with E-state index in [0.717, 1.165) is 11.1 Å². The maximum atomic E-state index is 14.3. The predicted octanol–water partition coefficient (Wildman–Crippen LogP) is 2.90. The van der Waals surface area contributed by atoms with Crippen LogP contribution in [0.3, 0.4) is 0 Å². The van der Waals surface area contributed by atoms with Gasteiger partial charge in [0.15, 0.2) is 0 Å². The summed E-state index contributed by atoms with van der Waals surface area (Å²) < 4.78 is 14.3. The Kier molecular flexibility index (Phi) is 4.67. The second-order valence-electron chi connectivity index (χ2n) is 5.37. The van der Waals surface area contributed by atoms with Crippen molar-refractivity contribution < 1.29 is 9.18 Å². The van der Waals surface area contributed by atoms with Gasteiger partial charge < -0.3 is 11.1 Å². The number of H-pyrrole nitrogens is 1. The number of aromatic amines is 1. The fourth-order valence-electron chi connectivity index (χ4n) is 2.50. The fraction of sp³-hybridized carbons (Fsp3) is 0.111. The van der Waals surface area contributed by atoms with E-state index in [1.54, 1.807) is 18.5 Å². The van der Waals surface area contributed by atoms with Crippen molar-refractivity contribution in [2.75, 3.05) is 11.9 Å². The largest absolute Gasteiger partial charge is 0.329 e. The molecule has 2 aromatic carbocycles. The van der Waals surface area contributed by atoms with E-state index in [1.807, 2.05) is 30.3 Å². The van der Waals surface area contributed by atoms with Crippen LogP contribution in [-0.2, 0) is 4.79 Å². The van der Waals surface area contributed by atoms with Crippen LogP contribution in [0.4, 0.5) is 10.1 Å². The van der Waals surface area contributed by atoms with E-state index >= 15 is 0 Å². The lowest BCUT2D eigenvalue weighted by atomic mass is 9.98. The summed E-state index contributed by atoms with van der Waals surface area (Å²) in [6.07, 6.45) is 3.28. The van der Waals surface area contributed by atoms with Gasteiger partial charge in [-0.2, -0.15) is 5.10 Å². The summed E-state index contributed by atoms with van der Waals surface area (Å²) in [6.45, 7) is 0.143. The summed E-state index contributed by atoms with van der Waals surface area (Å²) in [5.41, 5.74) is 8.10. The third kappa shape index (κ3) is 3.33. The molecule has 0 saturated heterocycles. The SMILES string of the molecule is NCC(C(=O)Nc1ccc(-c2cn[nH]c2)cc1F)c1ccccc1. The number of nitrogens with zero attached hydrogens (tertiary/aromatic N) is 1. The lowest BCUT2D eigenvalue weighted by Gasteiger charge is -2.16. The number of amides is 1. The molecule has 3 aromatic rings. The van der Waals surface area contributed by atoms with Crippen LogP contribution in [0.1, 0.15) is 11.5 Å². The Hall–Kier alpha value is -2.99. The van der Waals surface area contributed by atoms with Gasteiger partial charge in [-0.05, 0) is 23.3 Å². The molecule has 1 amide bonds. The summed E-state index contributed by atoms with van der Waals surface area (Å²) in [4.78, 5) is 12.4. The van der Waals surface area contributed by atoms with Crippen LogP contribution < -0.4 is 11.1 Å². The number of hydrogen-bond acceptors (Lipinski definition) is 3. The van der Waals surface area contributed by atoms with Crippen molar-refractivity contribution in [2.24, 2.45) is 5.73 Å². The molecule has 4 N–H and O–H groups in total. The Labute approximate surface area is 138 Å². The van der Waals surface area contributed by atoms with Crippen LogP contribution in [-0.4, -0.2) is 22.6 Å². The Morgan fingerprint density at radius 1 is 1.21 bits per heavy atom. The molecule has 0 radical (unpaired) electrons. The lowest BCUT2D eigenvalue weighted by molar-refractivity contribution is -0.117. The van der Waals surface area contributed by atoms with E-state index < -0.39 is 11.7 Å². The number of nitrogens with one attached hydrogen (secondary N) is 2. The van der Waals surface area contributed by atoms with Gasteiger partial charge in [-0.1, -0.05) is 36.4 Å². The summed E-state index contributed by atoms with van der Waals surface area (Å²) in [7, 11) is 0. The van der Waals surface area contributed by atoms with E-state index in [4.69, 9.17) is 5.73 Å². The van der Waals surface area contributed by atoms with E-state index in [1.165, 1.54) is 12.1 Å². The number of rotatable bonds is 5. The first kappa shape index (κ1) is 15.9. The van der Waals surface area contributed by atoms with Gasteiger partial charge in [-0.3, -0.25) is 9.89 Å². The number of nitrogens with two attached hydrogens (primary N) is 1. The number of aromatic nitrogens is 2. The number of carbonyl (C=O) groups is 1. The van der Waals surface area contributed by atoms with Crippen LogP contribution >= 0.6 is 0 Å². The molecule has 5 nitrogen and oxygen atoms in total. The number of anilines is 1. The first-order valence-corrected chi connectivity index (χ1v) is 7.53. The van der Waals surface area contributed by atoms with Gasteiger partial charge in [0.1, 0.15) is 5.82 Å². The normalized spacial score (nSPS) is 11.9. The zero-order chi connectivity index (χ0) is 16.9. The lowest BCUT2D eigenvalue weighted by Crippen LogP contribution is -2.27. The Balaban J connectivity index is 1.79. The average Bonchev–Trinajstić information content (AvgIpc) is 3.13. The molecular weight excluding hydrogens is 307 g/mol. The third-order valence-electron chi connectivity index (χ3n) is 3.81. The van der Waals surface area contributed by atoms with Crippen molar-refractivity contribution in [1.29, 1.82) is 0 Å². The first-order chi connectivity index (χ1) is 11.7. The van der Waals surface area contributed by atoms with Gasteiger partial charge in [0, 0.05) is 18.3 Å². The van der Waals surface area contributed by atoms with E-state index in [0.29, 0.717) is 5.56 Å². The highest BCUT2D eigenvalue weighted by Gasteiger charge is 2.20. The van der Waals surface area contributed by atoms with Gasteiger partial charge in [0.2, 0.25) is 5.91 Å². The second kappa shape index (κ2) is 7.06. The van der Waals surface area contributed by atoms with Crippen molar-refractivity contribution in [3.05, 3.63) is 72.3 Å². The Bertz CT molecular complexity index is 818. The van der Waals surface area contributed by atoms with Crippen molar-refractivity contribution in [3.8, 4) is 11.1 Å². The number of halogens is 1. The van der Waals surface area contributed by atoms with Gasteiger partial charge in [-0.15, -0.1) is 0 Å². The first-order valence-electron chi connectivity index (χ1n) is 7.53. The number of hydrogen-bond donors (Lipinski definition) is 3. The van der Waals surface area contributed by atoms with Gasteiger partial charge in [0.25, 0.3) is 0 Å². The fourth-order valence-corrected chi connectivity index (χ4v) is 2.50. The number of carbonyl (C=O) groups excluding carboxylic acids is 1. The average molecular weight is 324 g/mol. The van der Waals surface area contributed by atoms with Crippen LogP contribution in [0.15, 0.2) is 60.9 Å². The monoisotopic (exact) mass is 324 g/mol. The molecule has 1 atom stereocenters. The zero-order valence-electron chi connectivity index (χ0n) is 12.9. The molecule has 0 spiro atoms. The minimum absolute atomic E-state index is 0.127. The van der Waals surface area contributed by atoms with Crippen molar-refractivity contribution in [1.82, 2.24) is 10.2 Å². The highest BCUT2D eigenvalue weighted by atomic mass is 19.1. The highest BCUT2D eigenvalue weighted by molar-refractivity contribution is 5.96. The second-order valence-corrected chi connectivity index (χ2v) is 5.37. The summed E-state index contributed by atoms with van der Waals surface area (Å²) >= 11 is 0. The molecule has 6 heteroatoms. The molecule has 0 bridgehead atoms. The zero-order valence-corrected chi connectivity index (χ0v) is 12.9. The smallest absolute Gasteiger partial charge is 0.233 e. The molecule has 0 aliphatic heterocycles. The minimum atomic E-state index is -0.529. The summed E-state index contributed by atoms with van der Waals surface area (Å²) in [5, 5.41) is 9.13. The van der Waals surface area contributed by atoms with Gasteiger partial charge >= 0.3 is 0 Å². The molecule has 0 aliphatic rings. The van der Waals surface area contributed by atoms with Crippen molar-refractivity contribution in [3.63, 3.8) is 0 Å². The molecule has 1 unspecified atom stereocenters. The topological polar surface area (TPSA) is 83.8 Å².